The lowest BCUT2D eigenvalue weighted by atomic mass is 10.2. The van der Waals surface area contributed by atoms with Gasteiger partial charge in [-0.15, -0.1) is 6.42 Å². The van der Waals surface area contributed by atoms with Crippen LogP contribution < -0.4 is 5.32 Å². The summed E-state index contributed by atoms with van der Waals surface area (Å²) in [5.41, 5.74) is 1.26. The molecule has 0 amide bonds. The summed E-state index contributed by atoms with van der Waals surface area (Å²) in [6.45, 7) is 5.63. The van der Waals surface area contributed by atoms with Gasteiger partial charge in [0, 0.05) is 18.2 Å². The third-order valence-corrected chi connectivity index (χ3v) is 3.22. The van der Waals surface area contributed by atoms with E-state index < -0.39 is 0 Å². The minimum atomic E-state index is 0.703. The highest BCUT2D eigenvalue weighted by atomic mass is 16.3. The van der Waals surface area contributed by atoms with Crippen LogP contribution in [0, 0.1) is 12.3 Å². The normalized spacial score (nSPS) is 14.9. The van der Waals surface area contributed by atoms with Crippen LogP contribution in [0.25, 0.3) is 0 Å². The van der Waals surface area contributed by atoms with Crippen LogP contribution in [0.2, 0.25) is 0 Å². The minimum Gasteiger partial charge on any atom is -0.468 e. The Kier molecular flexibility index (Phi) is 4.86. The van der Waals surface area contributed by atoms with Crippen LogP contribution in [0.3, 0.4) is 0 Å². The Morgan fingerprint density at radius 2 is 2.39 bits per heavy atom. The molecular formula is C15H22N2O. The zero-order valence-electron chi connectivity index (χ0n) is 11.1. The lowest BCUT2D eigenvalue weighted by Crippen LogP contribution is -2.25. The van der Waals surface area contributed by atoms with Crippen LogP contribution in [0.15, 0.2) is 16.7 Å². The fourth-order valence-corrected chi connectivity index (χ4v) is 2.09. The van der Waals surface area contributed by atoms with Gasteiger partial charge < -0.3 is 9.73 Å². The molecule has 0 bridgehead atoms. The molecule has 98 valence electrons. The van der Waals surface area contributed by atoms with Gasteiger partial charge in [0.2, 0.25) is 0 Å². The Labute approximate surface area is 110 Å². The third-order valence-electron chi connectivity index (χ3n) is 3.22. The monoisotopic (exact) mass is 246 g/mol. The first-order valence-corrected chi connectivity index (χ1v) is 6.78. The molecule has 3 heteroatoms. The van der Waals surface area contributed by atoms with Crippen molar-refractivity contribution in [3.8, 4) is 12.3 Å². The van der Waals surface area contributed by atoms with E-state index in [1.165, 1.54) is 18.4 Å². The van der Waals surface area contributed by atoms with E-state index in [1.54, 1.807) is 6.26 Å². The van der Waals surface area contributed by atoms with Gasteiger partial charge in [-0.1, -0.05) is 12.8 Å². The molecule has 1 N–H and O–H groups in total. The molecule has 18 heavy (non-hydrogen) atoms. The third kappa shape index (κ3) is 3.90. The van der Waals surface area contributed by atoms with Gasteiger partial charge in [-0.2, -0.15) is 0 Å². The lowest BCUT2D eigenvalue weighted by molar-refractivity contribution is 0.296. The molecule has 0 atom stereocenters. The van der Waals surface area contributed by atoms with Crippen molar-refractivity contribution in [2.24, 2.45) is 0 Å². The maximum Gasteiger partial charge on any atom is 0.122 e. The van der Waals surface area contributed by atoms with E-state index >= 15 is 0 Å². The molecule has 0 aromatic carbocycles. The minimum absolute atomic E-state index is 0.703. The fraction of sp³-hybridized carbons (Fsp3) is 0.600. The van der Waals surface area contributed by atoms with Gasteiger partial charge in [0.15, 0.2) is 0 Å². The van der Waals surface area contributed by atoms with Crippen molar-refractivity contribution in [1.29, 1.82) is 0 Å². The maximum atomic E-state index is 5.56. The van der Waals surface area contributed by atoms with Gasteiger partial charge in [0.05, 0.1) is 19.4 Å². The molecule has 1 aromatic rings. The molecule has 0 radical (unpaired) electrons. The number of furan rings is 1. The highest BCUT2D eigenvalue weighted by molar-refractivity contribution is 5.17. The van der Waals surface area contributed by atoms with Crippen molar-refractivity contribution in [3.63, 3.8) is 0 Å². The predicted octanol–water partition coefficient (Wildman–Crippen LogP) is 2.38. The molecular weight excluding hydrogens is 224 g/mol. The average molecular weight is 246 g/mol. The van der Waals surface area contributed by atoms with E-state index in [1.807, 2.05) is 0 Å². The van der Waals surface area contributed by atoms with Gasteiger partial charge in [-0.25, -0.2) is 0 Å². The second kappa shape index (κ2) is 6.63. The number of rotatable bonds is 8. The first kappa shape index (κ1) is 13.2. The van der Waals surface area contributed by atoms with Crippen LogP contribution in [-0.2, 0) is 13.1 Å². The summed E-state index contributed by atoms with van der Waals surface area (Å²) >= 11 is 0. The van der Waals surface area contributed by atoms with Gasteiger partial charge >= 0.3 is 0 Å². The Balaban J connectivity index is 1.89. The van der Waals surface area contributed by atoms with Crippen LogP contribution >= 0.6 is 0 Å². The Morgan fingerprint density at radius 3 is 3.06 bits per heavy atom. The second-order valence-electron chi connectivity index (χ2n) is 4.94. The summed E-state index contributed by atoms with van der Waals surface area (Å²) in [7, 11) is 0. The molecule has 1 aliphatic carbocycles. The first-order valence-electron chi connectivity index (χ1n) is 6.78. The van der Waals surface area contributed by atoms with Crippen LogP contribution in [0.5, 0.6) is 0 Å². The van der Waals surface area contributed by atoms with Crippen LogP contribution in [0.4, 0.5) is 0 Å². The number of nitrogens with one attached hydrogen (secondary N) is 1. The van der Waals surface area contributed by atoms with Crippen LogP contribution in [0.1, 0.15) is 37.5 Å². The molecule has 0 aliphatic heterocycles. The maximum absolute atomic E-state index is 5.56. The smallest absolute Gasteiger partial charge is 0.122 e. The quantitative estimate of drug-likeness (QED) is 0.714. The van der Waals surface area contributed by atoms with E-state index in [0.29, 0.717) is 12.6 Å². The summed E-state index contributed by atoms with van der Waals surface area (Å²) in [5.74, 6) is 3.78. The highest BCUT2D eigenvalue weighted by Gasteiger charge is 2.21. The van der Waals surface area contributed by atoms with Crippen molar-refractivity contribution >= 4 is 0 Å². The van der Waals surface area contributed by atoms with E-state index in [-0.39, 0.29) is 0 Å². The summed E-state index contributed by atoms with van der Waals surface area (Å²) in [6, 6.07) is 2.77. The largest absolute Gasteiger partial charge is 0.468 e. The van der Waals surface area contributed by atoms with Crippen molar-refractivity contribution < 1.29 is 4.42 Å². The molecule has 0 saturated heterocycles. The van der Waals surface area contributed by atoms with Gasteiger partial charge in [-0.3, -0.25) is 4.90 Å². The Morgan fingerprint density at radius 1 is 1.56 bits per heavy atom. The van der Waals surface area contributed by atoms with Gasteiger partial charge in [-0.05, 0) is 31.9 Å². The zero-order chi connectivity index (χ0) is 12.8. The number of terminal acetylenes is 1. The SMILES string of the molecule is C#CCN(CCC)Cc1ccoc1CNC1CC1. The Hall–Kier alpha value is -1.24. The second-order valence-corrected chi connectivity index (χ2v) is 4.94. The number of hydrogen-bond donors (Lipinski definition) is 1. The van der Waals surface area contributed by atoms with Crippen molar-refractivity contribution in [1.82, 2.24) is 10.2 Å². The van der Waals surface area contributed by atoms with E-state index in [9.17, 15) is 0 Å². The lowest BCUT2D eigenvalue weighted by Gasteiger charge is -2.18. The van der Waals surface area contributed by atoms with E-state index in [0.717, 1.165) is 31.8 Å². The number of nitrogens with zero attached hydrogens (tertiary/aromatic N) is 1. The Bertz CT molecular complexity index is 401. The molecule has 2 rings (SSSR count). The molecule has 3 nitrogen and oxygen atoms in total. The zero-order valence-corrected chi connectivity index (χ0v) is 11.1. The molecule has 1 fully saturated rings. The topological polar surface area (TPSA) is 28.4 Å². The van der Waals surface area contributed by atoms with Crippen molar-refractivity contribution in [2.75, 3.05) is 13.1 Å². The first-order chi connectivity index (χ1) is 8.83. The summed E-state index contributed by atoms with van der Waals surface area (Å²) in [6.07, 6.45) is 10.9. The summed E-state index contributed by atoms with van der Waals surface area (Å²) < 4.78 is 5.56. The molecule has 1 saturated carbocycles. The molecule has 1 aliphatic rings. The summed E-state index contributed by atoms with van der Waals surface area (Å²) in [5, 5.41) is 3.48. The van der Waals surface area contributed by atoms with Crippen LogP contribution in [-0.4, -0.2) is 24.0 Å². The van der Waals surface area contributed by atoms with E-state index in [2.05, 4.69) is 29.1 Å². The molecule has 0 spiro atoms. The van der Waals surface area contributed by atoms with Gasteiger partial charge in [0.1, 0.15) is 5.76 Å². The fourth-order valence-electron chi connectivity index (χ4n) is 2.09. The highest BCUT2D eigenvalue weighted by Crippen LogP contribution is 2.20. The van der Waals surface area contributed by atoms with Crippen molar-refractivity contribution in [2.45, 2.75) is 45.3 Å². The molecule has 1 heterocycles. The standard InChI is InChI=1S/C15H22N2O/c1-3-8-17(9-4-2)12-13-7-10-18-15(13)11-16-14-5-6-14/h1,7,10,14,16H,4-6,8-9,11-12H2,2H3. The predicted molar refractivity (Wildman–Crippen MR) is 73.0 cm³/mol. The van der Waals surface area contributed by atoms with E-state index in [4.69, 9.17) is 10.8 Å². The van der Waals surface area contributed by atoms with Crippen molar-refractivity contribution in [3.05, 3.63) is 23.7 Å². The van der Waals surface area contributed by atoms with Gasteiger partial charge in [0.25, 0.3) is 0 Å². The summed E-state index contributed by atoms with van der Waals surface area (Å²) in [4.78, 5) is 2.28. The average Bonchev–Trinajstić information content (AvgIpc) is 3.09. The molecule has 0 unspecified atom stereocenters. The molecule has 1 aromatic heterocycles. The number of hydrogen-bond acceptors (Lipinski definition) is 3.